The van der Waals surface area contributed by atoms with Crippen molar-refractivity contribution < 1.29 is 9.15 Å². The van der Waals surface area contributed by atoms with E-state index in [1.165, 1.54) is 5.56 Å². The van der Waals surface area contributed by atoms with Crippen molar-refractivity contribution in [3.63, 3.8) is 0 Å². The van der Waals surface area contributed by atoms with Crippen LogP contribution in [0.3, 0.4) is 0 Å². The Bertz CT molecular complexity index is 258. The summed E-state index contributed by atoms with van der Waals surface area (Å²) >= 11 is 0. The van der Waals surface area contributed by atoms with Crippen molar-refractivity contribution in [3.05, 3.63) is 23.7 Å². The Morgan fingerprint density at radius 1 is 1.57 bits per heavy atom. The Labute approximate surface area is 85.4 Å². The molecule has 1 unspecified atom stereocenters. The van der Waals surface area contributed by atoms with Crippen LogP contribution in [0.15, 0.2) is 16.7 Å². The predicted octanol–water partition coefficient (Wildman–Crippen LogP) is 2.10. The molecule has 0 aliphatic rings. The number of aryl methyl sites for hydroxylation is 1. The zero-order valence-corrected chi connectivity index (χ0v) is 9.17. The minimum atomic E-state index is 0.458. The first-order valence-corrected chi connectivity index (χ1v) is 4.99. The molecule has 0 aliphatic heterocycles. The van der Waals surface area contributed by atoms with Gasteiger partial charge in [-0.2, -0.15) is 0 Å². The fourth-order valence-electron chi connectivity index (χ4n) is 1.25. The van der Waals surface area contributed by atoms with Crippen LogP contribution in [0.1, 0.15) is 24.7 Å². The van der Waals surface area contributed by atoms with E-state index in [4.69, 9.17) is 9.15 Å². The molecule has 0 fully saturated rings. The monoisotopic (exact) mass is 197 g/mol. The minimum absolute atomic E-state index is 0.458. The second kappa shape index (κ2) is 5.83. The molecule has 1 aromatic heterocycles. The summed E-state index contributed by atoms with van der Waals surface area (Å²) < 4.78 is 10.3. The SMILES string of the molecule is COCCC(C)NCc1occc1C. The number of ether oxygens (including phenoxy) is 1. The molecule has 0 amide bonds. The van der Waals surface area contributed by atoms with Crippen molar-refractivity contribution >= 4 is 0 Å². The standard InChI is InChI=1S/C11H19NO2/c1-9-4-7-14-11(9)8-12-10(2)5-6-13-3/h4,7,10,12H,5-6,8H2,1-3H3. The normalized spacial score (nSPS) is 13.1. The topological polar surface area (TPSA) is 34.4 Å². The Morgan fingerprint density at radius 2 is 2.36 bits per heavy atom. The van der Waals surface area contributed by atoms with Crippen molar-refractivity contribution in [2.75, 3.05) is 13.7 Å². The highest BCUT2D eigenvalue weighted by atomic mass is 16.5. The van der Waals surface area contributed by atoms with Gasteiger partial charge in [-0.05, 0) is 31.9 Å². The summed E-state index contributed by atoms with van der Waals surface area (Å²) in [6.45, 7) is 5.80. The van der Waals surface area contributed by atoms with Gasteiger partial charge in [-0.1, -0.05) is 0 Å². The van der Waals surface area contributed by atoms with E-state index in [0.717, 1.165) is 25.3 Å². The zero-order chi connectivity index (χ0) is 10.4. The lowest BCUT2D eigenvalue weighted by molar-refractivity contribution is 0.184. The van der Waals surface area contributed by atoms with Crippen LogP contribution in [-0.2, 0) is 11.3 Å². The molecule has 14 heavy (non-hydrogen) atoms. The number of methoxy groups -OCH3 is 1. The lowest BCUT2D eigenvalue weighted by atomic mass is 10.2. The smallest absolute Gasteiger partial charge is 0.120 e. The number of furan rings is 1. The third-order valence-corrected chi connectivity index (χ3v) is 2.33. The van der Waals surface area contributed by atoms with E-state index < -0.39 is 0 Å². The van der Waals surface area contributed by atoms with Crippen LogP contribution in [0.25, 0.3) is 0 Å². The first-order valence-electron chi connectivity index (χ1n) is 4.99. The largest absolute Gasteiger partial charge is 0.468 e. The molecule has 3 nitrogen and oxygen atoms in total. The van der Waals surface area contributed by atoms with E-state index in [0.29, 0.717) is 6.04 Å². The van der Waals surface area contributed by atoms with Crippen molar-refractivity contribution in [2.24, 2.45) is 0 Å². The number of nitrogens with one attached hydrogen (secondary N) is 1. The molecule has 0 aromatic carbocycles. The fraction of sp³-hybridized carbons (Fsp3) is 0.636. The summed E-state index contributed by atoms with van der Waals surface area (Å²) in [7, 11) is 1.73. The van der Waals surface area contributed by atoms with E-state index in [1.807, 2.05) is 6.07 Å². The molecule has 1 heterocycles. The average Bonchev–Trinajstić information content (AvgIpc) is 2.58. The van der Waals surface area contributed by atoms with Crippen LogP contribution in [0, 0.1) is 6.92 Å². The van der Waals surface area contributed by atoms with E-state index in [1.54, 1.807) is 13.4 Å². The van der Waals surface area contributed by atoms with Crippen molar-refractivity contribution in [2.45, 2.75) is 32.9 Å². The van der Waals surface area contributed by atoms with Crippen LogP contribution in [0.2, 0.25) is 0 Å². The van der Waals surface area contributed by atoms with Gasteiger partial charge < -0.3 is 14.5 Å². The highest BCUT2D eigenvalue weighted by Crippen LogP contribution is 2.08. The summed E-state index contributed by atoms with van der Waals surface area (Å²) in [5.41, 5.74) is 1.21. The van der Waals surface area contributed by atoms with Crippen LogP contribution >= 0.6 is 0 Å². The quantitative estimate of drug-likeness (QED) is 0.758. The molecule has 0 saturated heterocycles. The average molecular weight is 197 g/mol. The van der Waals surface area contributed by atoms with Gasteiger partial charge in [0.1, 0.15) is 5.76 Å². The van der Waals surface area contributed by atoms with Gasteiger partial charge >= 0.3 is 0 Å². The molecule has 0 spiro atoms. The van der Waals surface area contributed by atoms with Crippen molar-refractivity contribution in [3.8, 4) is 0 Å². The summed E-state index contributed by atoms with van der Waals surface area (Å²) in [5, 5.41) is 3.39. The van der Waals surface area contributed by atoms with E-state index in [-0.39, 0.29) is 0 Å². The molecular formula is C11H19NO2. The van der Waals surface area contributed by atoms with Gasteiger partial charge in [0.05, 0.1) is 12.8 Å². The fourth-order valence-corrected chi connectivity index (χ4v) is 1.25. The lowest BCUT2D eigenvalue weighted by Gasteiger charge is -2.12. The molecule has 80 valence electrons. The van der Waals surface area contributed by atoms with Crippen molar-refractivity contribution in [1.82, 2.24) is 5.32 Å². The molecule has 3 heteroatoms. The molecular weight excluding hydrogens is 178 g/mol. The minimum Gasteiger partial charge on any atom is -0.468 e. The lowest BCUT2D eigenvalue weighted by Crippen LogP contribution is -2.26. The molecule has 1 rings (SSSR count). The van der Waals surface area contributed by atoms with Gasteiger partial charge in [-0.25, -0.2) is 0 Å². The maximum Gasteiger partial charge on any atom is 0.120 e. The van der Waals surface area contributed by atoms with Crippen molar-refractivity contribution in [1.29, 1.82) is 0 Å². The first-order chi connectivity index (χ1) is 6.74. The zero-order valence-electron chi connectivity index (χ0n) is 9.17. The molecule has 1 atom stereocenters. The molecule has 0 saturated carbocycles. The Hall–Kier alpha value is -0.800. The second-order valence-electron chi connectivity index (χ2n) is 3.59. The Balaban J connectivity index is 2.23. The third kappa shape index (κ3) is 3.52. The van der Waals surface area contributed by atoms with E-state index >= 15 is 0 Å². The van der Waals surface area contributed by atoms with Gasteiger partial charge in [0.15, 0.2) is 0 Å². The molecule has 1 aromatic rings. The van der Waals surface area contributed by atoms with E-state index in [9.17, 15) is 0 Å². The molecule has 1 N–H and O–H groups in total. The van der Waals surface area contributed by atoms with Crippen LogP contribution < -0.4 is 5.32 Å². The van der Waals surface area contributed by atoms with Crippen LogP contribution in [0.4, 0.5) is 0 Å². The molecule has 0 aliphatic carbocycles. The first kappa shape index (κ1) is 11.3. The van der Waals surface area contributed by atoms with Crippen LogP contribution in [-0.4, -0.2) is 19.8 Å². The summed E-state index contributed by atoms with van der Waals surface area (Å²) in [6, 6.07) is 2.44. The highest BCUT2D eigenvalue weighted by Gasteiger charge is 2.04. The van der Waals surface area contributed by atoms with Gasteiger partial charge in [-0.15, -0.1) is 0 Å². The summed E-state index contributed by atoms with van der Waals surface area (Å²) in [6.07, 6.45) is 2.75. The third-order valence-electron chi connectivity index (χ3n) is 2.33. The number of hydrogen-bond donors (Lipinski definition) is 1. The second-order valence-corrected chi connectivity index (χ2v) is 3.59. The number of hydrogen-bond acceptors (Lipinski definition) is 3. The van der Waals surface area contributed by atoms with Gasteiger partial charge in [0.25, 0.3) is 0 Å². The summed E-state index contributed by atoms with van der Waals surface area (Å²) in [4.78, 5) is 0. The Morgan fingerprint density at radius 3 is 2.93 bits per heavy atom. The molecule has 0 radical (unpaired) electrons. The number of rotatable bonds is 6. The van der Waals surface area contributed by atoms with E-state index in [2.05, 4.69) is 19.2 Å². The predicted molar refractivity (Wildman–Crippen MR) is 56.2 cm³/mol. The Kier molecular flexibility index (Phi) is 4.70. The van der Waals surface area contributed by atoms with Gasteiger partial charge in [0.2, 0.25) is 0 Å². The van der Waals surface area contributed by atoms with Gasteiger partial charge in [-0.3, -0.25) is 0 Å². The van der Waals surface area contributed by atoms with Gasteiger partial charge in [0, 0.05) is 19.8 Å². The molecule has 0 bridgehead atoms. The van der Waals surface area contributed by atoms with Crippen LogP contribution in [0.5, 0.6) is 0 Å². The maximum absolute atomic E-state index is 5.33. The maximum atomic E-state index is 5.33. The highest BCUT2D eigenvalue weighted by molar-refractivity contribution is 5.14. The summed E-state index contributed by atoms with van der Waals surface area (Å²) in [5.74, 6) is 1.02.